The standard InChI is InChI=1S/C37H41Cl2F3N4O8/c1-36(50)19-52-20-37(45-17-22(16-43-45)21-10-26(40)32(42)27(41)11-21)15-30(36)54-33(34(37)53-18-31(48)44-6-8-51-9-7-44)35(49)46(28-4-2-3-5-29(28)47)25-13-23(38)12-24(39)14-25/h10-14,16-17,28-30,33-34,47,50H,2-9,15,18-20H2,1H3/t28-,29-,30?,33-,34?,36?,37?/m1/s1. The molecule has 2 aromatic carbocycles. The molecule has 4 aliphatic rings. The molecular formula is C37H41Cl2F3N4O8. The normalized spacial score (nSPS) is 30.1. The van der Waals surface area contributed by atoms with E-state index in [9.17, 15) is 28.2 Å². The summed E-state index contributed by atoms with van der Waals surface area (Å²) in [5.41, 5.74) is -2.63. The van der Waals surface area contributed by atoms with E-state index in [4.69, 9.17) is 42.1 Å². The molecule has 12 nitrogen and oxygen atoms in total. The highest BCUT2D eigenvalue weighted by Crippen LogP contribution is 2.45. The lowest BCUT2D eigenvalue weighted by atomic mass is 9.77. The van der Waals surface area contributed by atoms with E-state index < -0.39 is 71.6 Å². The number of aliphatic hydroxyl groups excluding tert-OH is 1. The van der Waals surface area contributed by atoms with Gasteiger partial charge in [0.15, 0.2) is 23.6 Å². The second-order valence-electron chi connectivity index (χ2n) is 14.6. The van der Waals surface area contributed by atoms with Gasteiger partial charge in [0.25, 0.3) is 5.91 Å². The van der Waals surface area contributed by atoms with Crippen LogP contribution in [-0.2, 0) is 34.1 Å². The van der Waals surface area contributed by atoms with Crippen LogP contribution in [0.5, 0.6) is 0 Å². The van der Waals surface area contributed by atoms with Gasteiger partial charge in [0.05, 0.1) is 50.9 Å². The maximum absolute atomic E-state index is 15.3. The fourth-order valence-electron chi connectivity index (χ4n) is 7.96. The summed E-state index contributed by atoms with van der Waals surface area (Å²) in [6.45, 7) is 1.96. The van der Waals surface area contributed by atoms with E-state index in [1.54, 1.807) is 17.0 Å². The van der Waals surface area contributed by atoms with Gasteiger partial charge in [0.2, 0.25) is 5.91 Å². The maximum atomic E-state index is 15.3. The van der Waals surface area contributed by atoms with Crippen molar-refractivity contribution in [3.8, 4) is 11.1 Å². The van der Waals surface area contributed by atoms with Crippen molar-refractivity contribution in [1.82, 2.24) is 14.7 Å². The summed E-state index contributed by atoms with van der Waals surface area (Å²) in [7, 11) is 0. The second-order valence-corrected chi connectivity index (χ2v) is 15.5. The molecule has 4 unspecified atom stereocenters. The average Bonchev–Trinajstić information content (AvgIpc) is 3.61. The first kappa shape index (κ1) is 39.0. The summed E-state index contributed by atoms with van der Waals surface area (Å²) >= 11 is 12.9. The molecule has 1 aromatic heterocycles. The third-order valence-corrected chi connectivity index (χ3v) is 11.3. The van der Waals surface area contributed by atoms with Crippen LogP contribution in [0.25, 0.3) is 11.1 Å². The second kappa shape index (κ2) is 15.7. The first-order chi connectivity index (χ1) is 25.8. The van der Waals surface area contributed by atoms with Crippen molar-refractivity contribution < 1.29 is 51.9 Å². The van der Waals surface area contributed by atoms with Crippen LogP contribution in [0.1, 0.15) is 39.0 Å². The smallest absolute Gasteiger partial charge is 0.259 e. The summed E-state index contributed by atoms with van der Waals surface area (Å²) in [6, 6.07) is 5.56. The third-order valence-electron chi connectivity index (χ3n) is 10.8. The molecule has 0 spiro atoms. The van der Waals surface area contributed by atoms with Crippen LogP contribution >= 0.6 is 23.2 Å². The van der Waals surface area contributed by atoms with Crippen molar-refractivity contribution in [2.45, 2.75) is 80.6 Å². The molecule has 292 valence electrons. The third kappa shape index (κ3) is 7.61. The fourth-order valence-corrected chi connectivity index (χ4v) is 8.48. The SMILES string of the molecule is CC1(O)COCC2(n3cc(-c4cc(F)c(F)c(F)c4)cn3)CC1O[C@@H](C(=O)N(c1cc(Cl)cc(Cl)c1)[C@@H]1CCCC[C@H]1O)C2OCC(=O)N1CCOCC1. The number of morpholine rings is 1. The van der Waals surface area contributed by atoms with Crippen molar-refractivity contribution in [3.05, 3.63) is 70.2 Å². The molecule has 4 heterocycles. The Labute approximate surface area is 319 Å². The molecule has 3 aromatic rings. The summed E-state index contributed by atoms with van der Waals surface area (Å²) in [6.07, 6.45) is 0.196. The van der Waals surface area contributed by atoms with Gasteiger partial charge in [-0.3, -0.25) is 14.3 Å². The Morgan fingerprint density at radius 2 is 1.69 bits per heavy atom. The zero-order chi connectivity index (χ0) is 38.4. The predicted octanol–water partition coefficient (Wildman–Crippen LogP) is 4.49. The molecule has 2 amide bonds. The molecule has 2 bridgehead atoms. The number of rotatable bonds is 8. The molecule has 4 fully saturated rings. The molecule has 3 saturated heterocycles. The molecule has 2 N–H and O–H groups in total. The lowest BCUT2D eigenvalue weighted by Gasteiger charge is -2.51. The number of fused-ring (bicyclic) bond motifs is 2. The molecular weight excluding hydrogens is 756 g/mol. The summed E-state index contributed by atoms with van der Waals surface area (Å²) in [5, 5.41) is 28.0. The van der Waals surface area contributed by atoms with E-state index in [-0.39, 0.29) is 46.7 Å². The van der Waals surface area contributed by atoms with Gasteiger partial charge in [0.1, 0.15) is 23.9 Å². The molecule has 1 aliphatic carbocycles. The van der Waals surface area contributed by atoms with Gasteiger partial charge < -0.3 is 39.0 Å². The lowest BCUT2D eigenvalue weighted by molar-refractivity contribution is -0.223. The van der Waals surface area contributed by atoms with E-state index in [1.165, 1.54) is 35.0 Å². The first-order valence-electron chi connectivity index (χ1n) is 17.9. The Hall–Kier alpha value is -3.28. The van der Waals surface area contributed by atoms with E-state index in [2.05, 4.69) is 5.10 Å². The molecule has 3 aliphatic heterocycles. The highest BCUT2D eigenvalue weighted by molar-refractivity contribution is 6.35. The molecule has 0 radical (unpaired) electrons. The quantitative estimate of drug-likeness (QED) is 0.317. The number of hydrogen-bond acceptors (Lipinski definition) is 9. The van der Waals surface area contributed by atoms with Crippen LogP contribution < -0.4 is 4.90 Å². The molecule has 54 heavy (non-hydrogen) atoms. The van der Waals surface area contributed by atoms with Crippen molar-refractivity contribution in [1.29, 1.82) is 0 Å². The number of benzene rings is 2. The number of carbonyl (C=O) groups is 2. The van der Waals surface area contributed by atoms with Crippen LogP contribution in [0.15, 0.2) is 42.7 Å². The van der Waals surface area contributed by atoms with Crippen molar-refractivity contribution >= 4 is 40.7 Å². The van der Waals surface area contributed by atoms with E-state index in [1.807, 2.05) is 0 Å². The van der Waals surface area contributed by atoms with Gasteiger partial charge in [-0.1, -0.05) is 36.0 Å². The molecule has 17 heteroatoms. The number of hydrogen-bond donors (Lipinski definition) is 2. The highest BCUT2D eigenvalue weighted by Gasteiger charge is 2.61. The zero-order valence-electron chi connectivity index (χ0n) is 29.4. The number of nitrogens with zero attached hydrogens (tertiary/aromatic N) is 4. The summed E-state index contributed by atoms with van der Waals surface area (Å²) in [4.78, 5) is 31.9. The minimum atomic E-state index is -1.64. The lowest BCUT2D eigenvalue weighted by Crippen LogP contribution is -2.68. The number of carbonyl (C=O) groups excluding carboxylic acids is 2. The van der Waals surface area contributed by atoms with Crippen LogP contribution in [-0.4, -0.2) is 119 Å². The van der Waals surface area contributed by atoms with Gasteiger partial charge >= 0.3 is 0 Å². The van der Waals surface area contributed by atoms with Gasteiger partial charge in [0, 0.05) is 47.0 Å². The largest absolute Gasteiger partial charge is 0.391 e. The molecule has 7 atom stereocenters. The van der Waals surface area contributed by atoms with Crippen molar-refractivity contribution in [3.63, 3.8) is 0 Å². The number of aliphatic hydroxyl groups is 2. The first-order valence-corrected chi connectivity index (χ1v) is 18.6. The zero-order valence-corrected chi connectivity index (χ0v) is 30.9. The topological polar surface area (TPSA) is 136 Å². The van der Waals surface area contributed by atoms with Gasteiger partial charge in [-0.15, -0.1) is 0 Å². The van der Waals surface area contributed by atoms with Crippen LogP contribution in [0.4, 0.5) is 18.9 Å². The summed E-state index contributed by atoms with van der Waals surface area (Å²) < 4.78 is 68.6. The maximum Gasteiger partial charge on any atom is 0.259 e. The Balaban J connectivity index is 1.36. The van der Waals surface area contributed by atoms with E-state index in [0.717, 1.165) is 25.0 Å². The summed E-state index contributed by atoms with van der Waals surface area (Å²) in [5.74, 6) is -5.44. The number of aromatic nitrogens is 2. The number of amides is 2. The van der Waals surface area contributed by atoms with Crippen LogP contribution in [0.3, 0.4) is 0 Å². The average molecular weight is 798 g/mol. The van der Waals surface area contributed by atoms with Crippen LogP contribution in [0.2, 0.25) is 10.0 Å². The molecule has 1 saturated carbocycles. The Morgan fingerprint density at radius 3 is 2.37 bits per heavy atom. The minimum absolute atomic E-state index is 0.0120. The van der Waals surface area contributed by atoms with Gasteiger partial charge in [-0.05, 0) is 55.7 Å². The Bertz CT molecular complexity index is 1840. The van der Waals surface area contributed by atoms with Crippen molar-refractivity contribution in [2.24, 2.45) is 0 Å². The van der Waals surface area contributed by atoms with Gasteiger partial charge in [-0.2, -0.15) is 5.10 Å². The molecule has 7 rings (SSSR count). The highest BCUT2D eigenvalue weighted by atomic mass is 35.5. The van der Waals surface area contributed by atoms with Gasteiger partial charge in [-0.25, -0.2) is 13.2 Å². The number of anilines is 1. The predicted molar refractivity (Wildman–Crippen MR) is 190 cm³/mol. The minimum Gasteiger partial charge on any atom is -0.391 e. The van der Waals surface area contributed by atoms with E-state index in [0.29, 0.717) is 44.8 Å². The van der Waals surface area contributed by atoms with E-state index >= 15 is 4.79 Å². The monoisotopic (exact) mass is 796 g/mol. The number of halogens is 5. The Morgan fingerprint density at radius 1 is 1.00 bits per heavy atom. The fraction of sp³-hybridized carbons (Fsp3) is 0.541. The van der Waals surface area contributed by atoms with Crippen molar-refractivity contribution in [2.75, 3.05) is 51.0 Å². The number of ether oxygens (including phenoxy) is 4. The van der Waals surface area contributed by atoms with Crippen LogP contribution in [0, 0.1) is 17.5 Å². The Kier molecular flexibility index (Phi) is 11.3.